The van der Waals surface area contributed by atoms with Crippen molar-refractivity contribution in [2.75, 3.05) is 0 Å². The van der Waals surface area contributed by atoms with Crippen LogP contribution in [0, 0.1) is 17.1 Å². The van der Waals surface area contributed by atoms with Crippen molar-refractivity contribution < 1.29 is 8.91 Å². The van der Waals surface area contributed by atoms with Gasteiger partial charge in [0.15, 0.2) is 0 Å². The average Bonchev–Trinajstić information content (AvgIpc) is 2.97. The topological polar surface area (TPSA) is 75.6 Å². The first kappa shape index (κ1) is 12.0. The molecule has 0 aliphatic carbocycles. The van der Waals surface area contributed by atoms with Gasteiger partial charge in [0.2, 0.25) is 5.82 Å². The van der Waals surface area contributed by atoms with Gasteiger partial charge in [0.05, 0.1) is 5.56 Å². The van der Waals surface area contributed by atoms with Crippen LogP contribution in [-0.4, -0.2) is 15.1 Å². The molecule has 2 heterocycles. The van der Waals surface area contributed by atoms with Crippen LogP contribution in [0.5, 0.6) is 0 Å². The maximum absolute atomic E-state index is 13.5. The van der Waals surface area contributed by atoms with Crippen molar-refractivity contribution in [3.63, 3.8) is 0 Å². The van der Waals surface area contributed by atoms with Crippen molar-refractivity contribution in [2.24, 2.45) is 0 Å². The van der Waals surface area contributed by atoms with Crippen molar-refractivity contribution >= 4 is 0 Å². The van der Waals surface area contributed by atoms with Crippen LogP contribution in [0.3, 0.4) is 0 Å². The Balaban J connectivity index is 2.08. The van der Waals surface area contributed by atoms with E-state index in [9.17, 15) is 4.39 Å². The van der Waals surface area contributed by atoms with E-state index in [1.165, 1.54) is 12.1 Å². The fraction of sp³-hybridized carbons (Fsp3) is 0. The summed E-state index contributed by atoms with van der Waals surface area (Å²) in [5, 5.41) is 12.8. The van der Waals surface area contributed by atoms with Crippen LogP contribution in [0.15, 0.2) is 47.2 Å². The molecule has 6 heteroatoms. The van der Waals surface area contributed by atoms with Crippen LogP contribution in [0.1, 0.15) is 5.56 Å². The zero-order valence-electron chi connectivity index (χ0n) is 10.1. The second-order valence-electron chi connectivity index (χ2n) is 3.94. The van der Waals surface area contributed by atoms with Gasteiger partial charge < -0.3 is 4.52 Å². The van der Waals surface area contributed by atoms with E-state index < -0.39 is 5.82 Å². The number of pyridine rings is 1. The molecule has 0 aliphatic heterocycles. The van der Waals surface area contributed by atoms with Gasteiger partial charge in [-0.2, -0.15) is 10.2 Å². The maximum Gasteiger partial charge on any atom is 0.259 e. The number of hydrogen-bond acceptors (Lipinski definition) is 5. The Bertz CT molecular complexity index is 792. The quantitative estimate of drug-likeness (QED) is 0.712. The van der Waals surface area contributed by atoms with Gasteiger partial charge in [-0.15, -0.1) is 0 Å². The molecule has 2 aromatic heterocycles. The zero-order chi connectivity index (χ0) is 13.9. The van der Waals surface area contributed by atoms with Crippen molar-refractivity contribution in [3.05, 3.63) is 54.1 Å². The molecule has 0 unspecified atom stereocenters. The molecule has 0 spiro atoms. The molecule has 3 rings (SSSR count). The Kier molecular flexibility index (Phi) is 2.94. The summed E-state index contributed by atoms with van der Waals surface area (Å²) in [7, 11) is 0. The summed E-state index contributed by atoms with van der Waals surface area (Å²) in [5.41, 5.74) is 0.835. The number of nitrogens with zero attached hydrogens (tertiary/aromatic N) is 4. The van der Waals surface area contributed by atoms with Gasteiger partial charge in [0, 0.05) is 18.0 Å². The summed E-state index contributed by atoms with van der Waals surface area (Å²) in [5.74, 6) is -0.188. The molecule has 0 amide bonds. The van der Waals surface area contributed by atoms with E-state index >= 15 is 0 Å². The summed E-state index contributed by atoms with van der Waals surface area (Å²) in [6.45, 7) is 0. The molecule has 5 nitrogen and oxygen atoms in total. The van der Waals surface area contributed by atoms with Gasteiger partial charge in [-0.05, 0) is 24.3 Å². The third-order valence-electron chi connectivity index (χ3n) is 2.70. The summed E-state index contributed by atoms with van der Waals surface area (Å²) >= 11 is 0. The Hall–Kier alpha value is -3.07. The Morgan fingerprint density at radius 2 is 2.10 bits per heavy atom. The predicted molar refractivity (Wildman–Crippen MR) is 67.6 cm³/mol. The largest absolute Gasteiger partial charge is 0.334 e. The minimum absolute atomic E-state index is 0.0971. The van der Waals surface area contributed by atoms with E-state index in [1.54, 1.807) is 36.7 Å². The standard InChI is InChI=1S/C14H7FN4O/c15-12-5-1-4-10(11(12)7-16)14-18-13(19-20-14)9-3-2-6-17-8-9/h1-6,8H. The summed E-state index contributed by atoms with van der Waals surface area (Å²) in [4.78, 5) is 8.12. The number of hydrogen-bond donors (Lipinski definition) is 0. The molecule has 96 valence electrons. The van der Waals surface area contributed by atoms with Crippen LogP contribution in [-0.2, 0) is 0 Å². The molecule has 0 saturated heterocycles. The second-order valence-corrected chi connectivity index (χ2v) is 3.94. The van der Waals surface area contributed by atoms with Gasteiger partial charge in [-0.25, -0.2) is 4.39 Å². The molecule has 0 aliphatic rings. The second kappa shape index (κ2) is 4.90. The highest BCUT2D eigenvalue weighted by Gasteiger charge is 2.16. The molecule has 0 atom stereocenters. The van der Waals surface area contributed by atoms with Crippen molar-refractivity contribution in [2.45, 2.75) is 0 Å². The highest BCUT2D eigenvalue weighted by molar-refractivity contribution is 5.65. The maximum atomic E-state index is 13.5. The van der Waals surface area contributed by atoms with Gasteiger partial charge in [-0.1, -0.05) is 11.2 Å². The molecule has 0 N–H and O–H groups in total. The molecule has 1 aromatic carbocycles. The van der Waals surface area contributed by atoms with E-state index in [2.05, 4.69) is 15.1 Å². The van der Waals surface area contributed by atoms with E-state index in [1.807, 2.05) is 0 Å². The van der Waals surface area contributed by atoms with Crippen LogP contribution in [0.25, 0.3) is 22.8 Å². The van der Waals surface area contributed by atoms with Crippen LogP contribution in [0.4, 0.5) is 4.39 Å². The lowest BCUT2D eigenvalue weighted by Gasteiger charge is -1.98. The first-order valence-electron chi connectivity index (χ1n) is 5.72. The van der Waals surface area contributed by atoms with Crippen molar-refractivity contribution in [1.82, 2.24) is 15.1 Å². The summed E-state index contributed by atoms with van der Waals surface area (Å²) < 4.78 is 18.6. The molecular formula is C14H7FN4O. The Morgan fingerprint density at radius 1 is 1.20 bits per heavy atom. The van der Waals surface area contributed by atoms with Crippen LogP contribution in [0.2, 0.25) is 0 Å². The molecule has 0 fully saturated rings. The van der Waals surface area contributed by atoms with Gasteiger partial charge in [0.25, 0.3) is 5.89 Å². The molecule has 0 saturated carbocycles. The fourth-order valence-electron chi connectivity index (χ4n) is 1.76. The lowest BCUT2D eigenvalue weighted by molar-refractivity contribution is 0.432. The SMILES string of the molecule is N#Cc1c(F)cccc1-c1nc(-c2cccnc2)no1. The van der Waals surface area contributed by atoms with E-state index in [-0.39, 0.29) is 17.0 Å². The van der Waals surface area contributed by atoms with Gasteiger partial charge >= 0.3 is 0 Å². The highest BCUT2D eigenvalue weighted by atomic mass is 19.1. The summed E-state index contributed by atoms with van der Waals surface area (Å²) in [6.07, 6.45) is 3.22. The minimum atomic E-state index is -0.619. The summed E-state index contributed by atoms with van der Waals surface area (Å²) in [6, 6.07) is 9.57. The molecule has 0 radical (unpaired) electrons. The first-order chi connectivity index (χ1) is 9.79. The lowest BCUT2D eigenvalue weighted by atomic mass is 10.1. The number of benzene rings is 1. The number of aromatic nitrogens is 3. The molecule has 0 bridgehead atoms. The van der Waals surface area contributed by atoms with Crippen LogP contribution < -0.4 is 0 Å². The highest BCUT2D eigenvalue weighted by Crippen LogP contribution is 2.25. The van der Waals surface area contributed by atoms with Gasteiger partial charge in [-0.3, -0.25) is 4.98 Å². The third kappa shape index (κ3) is 2.01. The number of halogens is 1. The zero-order valence-corrected chi connectivity index (χ0v) is 10.1. The minimum Gasteiger partial charge on any atom is -0.334 e. The van der Waals surface area contributed by atoms with Crippen molar-refractivity contribution in [3.8, 4) is 28.9 Å². The normalized spacial score (nSPS) is 10.2. The number of nitriles is 1. The van der Waals surface area contributed by atoms with E-state index in [0.29, 0.717) is 11.4 Å². The Labute approximate surface area is 113 Å². The molecule has 20 heavy (non-hydrogen) atoms. The van der Waals surface area contributed by atoms with E-state index in [0.717, 1.165) is 0 Å². The van der Waals surface area contributed by atoms with Gasteiger partial charge in [0.1, 0.15) is 17.4 Å². The predicted octanol–water partition coefficient (Wildman–Crippen LogP) is 2.81. The monoisotopic (exact) mass is 266 g/mol. The lowest BCUT2D eigenvalue weighted by Crippen LogP contribution is -1.89. The third-order valence-corrected chi connectivity index (χ3v) is 2.70. The molecular weight excluding hydrogens is 259 g/mol. The van der Waals surface area contributed by atoms with Crippen molar-refractivity contribution in [1.29, 1.82) is 5.26 Å². The number of rotatable bonds is 2. The molecule has 3 aromatic rings. The smallest absolute Gasteiger partial charge is 0.259 e. The average molecular weight is 266 g/mol. The van der Waals surface area contributed by atoms with E-state index in [4.69, 9.17) is 9.78 Å². The fourth-order valence-corrected chi connectivity index (χ4v) is 1.76. The van der Waals surface area contributed by atoms with Crippen LogP contribution >= 0.6 is 0 Å². The Morgan fingerprint density at radius 3 is 2.85 bits per heavy atom. The first-order valence-corrected chi connectivity index (χ1v) is 5.72.